The number of fused-ring (bicyclic) bond motifs is 2. The van der Waals surface area contributed by atoms with Gasteiger partial charge in [-0.15, -0.1) is 0 Å². The van der Waals surface area contributed by atoms with Gasteiger partial charge in [0, 0.05) is 57.5 Å². The molecule has 6 atom stereocenters. The number of likely N-dealkylation sites (N-methyl/N-ethyl adjacent to an activating group) is 1. The summed E-state index contributed by atoms with van der Waals surface area (Å²) in [6.07, 6.45) is 4.52. The molecular weight excluding hydrogens is 580 g/mol. The summed E-state index contributed by atoms with van der Waals surface area (Å²) < 4.78 is 17.0. The van der Waals surface area contributed by atoms with Gasteiger partial charge < -0.3 is 40.2 Å². The van der Waals surface area contributed by atoms with Crippen molar-refractivity contribution in [3.05, 3.63) is 58.5 Å². The molecular formula is C33H50N4O8. The highest BCUT2D eigenvalue weighted by Crippen LogP contribution is 2.28. The molecule has 1 aliphatic heterocycles. The number of aliphatic hydroxyl groups excluding tert-OH is 1. The highest BCUT2D eigenvalue weighted by Gasteiger charge is 2.33. The number of methoxy groups -OCH3 is 2. The van der Waals surface area contributed by atoms with Crippen LogP contribution >= 0.6 is 0 Å². The van der Waals surface area contributed by atoms with Crippen LogP contribution in [0.5, 0.6) is 0 Å². The van der Waals surface area contributed by atoms with Crippen LogP contribution in [-0.4, -0.2) is 106 Å². The Bertz CT molecular complexity index is 1250. The second-order valence-electron chi connectivity index (χ2n) is 11.9. The minimum atomic E-state index is -0.942. The molecule has 12 heteroatoms. The second kappa shape index (κ2) is 17.8. The summed E-state index contributed by atoms with van der Waals surface area (Å²) in [6.45, 7) is 8.19. The fourth-order valence-electron chi connectivity index (χ4n) is 5.23. The Labute approximate surface area is 266 Å². The molecule has 2 rings (SSSR count). The third-order valence-electron chi connectivity index (χ3n) is 7.85. The molecule has 0 aromatic heterocycles. The maximum absolute atomic E-state index is 13.7. The van der Waals surface area contributed by atoms with Crippen LogP contribution in [0.2, 0.25) is 0 Å². The molecule has 45 heavy (non-hydrogen) atoms. The maximum atomic E-state index is 13.7. The molecule has 2 aliphatic rings. The van der Waals surface area contributed by atoms with Crippen molar-refractivity contribution in [2.45, 2.75) is 65.0 Å². The molecule has 0 radical (unpaired) electrons. The molecule has 0 aromatic rings. The predicted molar refractivity (Wildman–Crippen MR) is 171 cm³/mol. The number of nitrogens with one attached hydrogen (secondary N) is 3. The van der Waals surface area contributed by atoms with Gasteiger partial charge in [-0.05, 0) is 52.3 Å². The van der Waals surface area contributed by atoms with Gasteiger partial charge in [-0.2, -0.15) is 0 Å². The van der Waals surface area contributed by atoms with Gasteiger partial charge >= 0.3 is 6.09 Å². The number of carbonyl (C=O) groups excluding carboxylic acids is 4. The summed E-state index contributed by atoms with van der Waals surface area (Å²) in [7, 11) is 8.24. The summed E-state index contributed by atoms with van der Waals surface area (Å²) in [5.41, 5.74) is 1.29. The van der Waals surface area contributed by atoms with E-state index in [0.717, 1.165) is 6.08 Å². The lowest BCUT2D eigenvalue weighted by atomic mass is 9.85. The number of carbonyl (C=O) groups is 4. The Balaban J connectivity index is 2.61. The quantitative estimate of drug-likeness (QED) is 0.243. The fraction of sp³-hybridized carbons (Fsp3) is 0.576. The first-order valence-electron chi connectivity index (χ1n) is 15.1. The number of nitrogens with zero attached hydrogens (tertiary/aromatic N) is 1. The number of hydrogen-bond acceptors (Lipinski definition) is 10. The van der Waals surface area contributed by atoms with Gasteiger partial charge in [-0.3, -0.25) is 14.4 Å². The molecule has 4 N–H and O–H groups in total. The van der Waals surface area contributed by atoms with E-state index < -0.39 is 53.9 Å². The van der Waals surface area contributed by atoms with Crippen LogP contribution < -0.4 is 16.0 Å². The Hall–Kier alpha value is -3.58. The number of alkyl carbamates (subject to hydrolysis) is 1. The number of ether oxygens (including phenoxy) is 3. The Kier molecular flexibility index (Phi) is 14.9. The minimum absolute atomic E-state index is 0.106. The first kappa shape index (κ1) is 37.6. The van der Waals surface area contributed by atoms with Crippen molar-refractivity contribution in [2.24, 2.45) is 11.8 Å². The highest BCUT2D eigenvalue weighted by molar-refractivity contribution is 6.23. The molecule has 0 aromatic carbocycles. The first-order chi connectivity index (χ1) is 21.2. The molecule has 1 aliphatic carbocycles. The van der Waals surface area contributed by atoms with Crippen LogP contribution in [0.25, 0.3) is 0 Å². The van der Waals surface area contributed by atoms with Gasteiger partial charge in [0.2, 0.25) is 11.6 Å². The average molecular weight is 631 g/mol. The zero-order chi connectivity index (χ0) is 33.8. The molecule has 0 saturated heterocycles. The summed E-state index contributed by atoms with van der Waals surface area (Å²) >= 11 is 0. The van der Waals surface area contributed by atoms with Crippen LogP contribution in [-0.2, 0) is 28.6 Å². The number of hydrogen-bond donors (Lipinski definition) is 4. The van der Waals surface area contributed by atoms with Crippen molar-refractivity contribution in [1.29, 1.82) is 0 Å². The zero-order valence-corrected chi connectivity index (χ0v) is 27.9. The van der Waals surface area contributed by atoms with Gasteiger partial charge in [-0.1, -0.05) is 38.2 Å². The topological polar surface area (TPSA) is 156 Å². The zero-order valence-electron chi connectivity index (χ0n) is 27.9. The van der Waals surface area contributed by atoms with E-state index >= 15 is 0 Å². The summed E-state index contributed by atoms with van der Waals surface area (Å²) in [4.78, 5) is 54.3. The second-order valence-corrected chi connectivity index (χ2v) is 11.9. The molecule has 2 bridgehead atoms. The smallest absolute Gasteiger partial charge is 0.407 e. The van der Waals surface area contributed by atoms with Crippen LogP contribution in [0.15, 0.2) is 58.5 Å². The van der Waals surface area contributed by atoms with Crippen molar-refractivity contribution in [3.8, 4) is 0 Å². The van der Waals surface area contributed by atoms with Crippen molar-refractivity contribution in [2.75, 3.05) is 48.5 Å². The average Bonchev–Trinajstić information content (AvgIpc) is 2.99. The van der Waals surface area contributed by atoms with E-state index in [-0.39, 0.29) is 34.9 Å². The minimum Gasteiger partial charge on any atom is -0.439 e. The SMILES string of the molecule is CNC(=O)O[C@H]1/C(C)=C/[C@H](C)[C@@H](O)[C@@H](OC)C[C@H](C)CC2=C(NCCN(C)C)C(=O)C=C(NC(=O)/C(C)=C/C=C\[C@@H]1OC)C2=O. The van der Waals surface area contributed by atoms with Crippen molar-refractivity contribution in [1.82, 2.24) is 20.9 Å². The van der Waals surface area contributed by atoms with E-state index in [9.17, 15) is 24.3 Å². The lowest BCUT2D eigenvalue weighted by Gasteiger charge is -2.30. The highest BCUT2D eigenvalue weighted by atomic mass is 16.6. The number of ketones is 2. The van der Waals surface area contributed by atoms with E-state index in [2.05, 4.69) is 16.0 Å². The normalized spacial score (nSPS) is 30.5. The number of amides is 2. The van der Waals surface area contributed by atoms with Crippen LogP contribution in [0.3, 0.4) is 0 Å². The lowest BCUT2D eigenvalue weighted by Crippen LogP contribution is -2.38. The molecule has 0 unspecified atom stereocenters. The fourth-order valence-corrected chi connectivity index (χ4v) is 5.23. The molecule has 2 amide bonds. The summed E-state index contributed by atoms with van der Waals surface area (Å²) in [6, 6.07) is 0. The number of allylic oxidation sites excluding steroid dienone is 4. The van der Waals surface area contributed by atoms with Crippen molar-refractivity contribution < 1.29 is 38.5 Å². The summed E-state index contributed by atoms with van der Waals surface area (Å²) in [5.74, 6) is -2.01. The van der Waals surface area contributed by atoms with Gasteiger partial charge in [-0.25, -0.2) is 4.79 Å². The van der Waals surface area contributed by atoms with Gasteiger partial charge in [0.15, 0.2) is 6.10 Å². The van der Waals surface area contributed by atoms with Crippen molar-refractivity contribution in [3.63, 3.8) is 0 Å². The van der Waals surface area contributed by atoms with Gasteiger partial charge in [0.1, 0.15) is 6.10 Å². The lowest BCUT2D eigenvalue weighted by molar-refractivity contribution is -0.120. The number of rotatable bonds is 7. The maximum Gasteiger partial charge on any atom is 0.407 e. The third-order valence-corrected chi connectivity index (χ3v) is 7.85. The Morgan fingerprint density at radius 3 is 2.42 bits per heavy atom. The van der Waals surface area contributed by atoms with E-state index in [4.69, 9.17) is 14.2 Å². The monoisotopic (exact) mass is 630 g/mol. The number of Topliss-reactive ketones (excluding diaryl/α,β-unsaturated/α-hetero) is 1. The van der Waals surface area contributed by atoms with E-state index in [1.54, 1.807) is 26.0 Å². The molecule has 0 saturated carbocycles. The third kappa shape index (κ3) is 10.8. The number of aliphatic hydroxyl groups is 1. The summed E-state index contributed by atoms with van der Waals surface area (Å²) in [5, 5.41) is 19.5. The Morgan fingerprint density at radius 2 is 1.82 bits per heavy atom. The molecule has 250 valence electrons. The molecule has 0 fully saturated rings. The van der Waals surface area contributed by atoms with Gasteiger partial charge in [0.25, 0.3) is 5.91 Å². The van der Waals surface area contributed by atoms with E-state index in [1.807, 2.05) is 38.9 Å². The standard InChI is InChI=1S/C33H50N4O8/c1-19-15-23-28(35-13-14-37(6)7)25(38)18-24(30(23)40)36-32(41)20(2)11-10-12-26(43-8)31(45-33(42)34-5)22(4)17-21(3)29(39)27(16-19)44-9/h10-12,17-19,21,26-27,29,31,35,39H,13-16H2,1-9H3,(H,34,42)(H,36,41)/b12-10-,20-11+,22-17+/t19-,21+,26+,27+,29-,31+/m1/s1. The largest absolute Gasteiger partial charge is 0.439 e. The first-order valence-corrected chi connectivity index (χ1v) is 15.1. The molecule has 12 nitrogen and oxygen atoms in total. The van der Waals surface area contributed by atoms with Gasteiger partial charge in [0.05, 0.1) is 23.6 Å². The van der Waals surface area contributed by atoms with E-state index in [0.29, 0.717) is 25.1 Å². The van der Waals surface area contributed by atoms with Crippen LogP contribution in [0, 0.1) is 11.8 Å². The molecule has 0 spiro atoms. The molecule has 1 heterocycles. The van der Waals surface area contributed by atoms with E-state index in [1.165, 1.54) is 27.3 Å². The van der Waals surface area contributed by atoms with Crippen molar-refractivity contribution >= 4 is 23.6 Å². The predicted octanol–water partition coefficient (Wildman–Crippen LogP) is 2.17. The van der Waals surface area contributed by atoms with Crippen LogP contribution in [0.4, 0.5) is 4.79 Å². The Morgan fingerprint density at radius 1 is 1.13 bits per heavy atom. The van der Waals surface area contributed by atoms with Crippen LogP contribution in [0.1, 0.15) is 40.5 Å².